The lowest BCUT2D eigenvalue weighted by Crippen LogP contribution is -2.45. The number of ether oxygens (including phenoxy) is 2. The minimum atomic E-state index is -0.170. The number of carbonyl (C=O) groups is 2. The summed E-state index contributed by atoms with van der Waals surface area (Å²) < 4.78 is 11.9. The number of piperidine rings is 1. The average molecular weight is 438 g/mol. The van der Waals surface area contributed by atoms with Crippen LogP contribution in [0.1, 0.15) is 48.5 Å². The summed E-state index contributed by atoms with van der Waals surface area (Å²) in [7, 11) is 0. The highest BCUT2D eigenvalue weighted by atomic mass is 16.5. The van der Waals surface area contributed by atoms with Gasteiger partial charge in [0.2, 0.25) is 0 Å². The standard InChI is InChI=1S/C25H31N3O4/c1-19(29)21-4-6-22(7-5-21)31-18-24(30)27-16-23-8-9-25(32-23)10-13-28(14-11-25)17-20-3-2-12-26-15-20/h2-7,12,15,23H,8-11,13-14,16-18H2,1H3,(H,27,30). The zero-order valence-electron chi connectivity index (χ0n) is 18.6. The molecule has 2 aromatic rings. The maximum Gasteiger partial charge on any atom is 0.258 e. The van der Waals surface area contributed by atoms with Crippen molar-refractivity contribution >= 4 is 11.7 Å². The molecule has 2 aliphatic heterocycles. The number of hydrogen-bond acceptors (Lipinski definition) is 6. The van der Waals surface area contributed by atoms with E-state index < -0.39 is 0 Å². The number of aromatic nitrogens is 1. The van der Waals surface area contributed by atoms with Gasteiger partial charge in [0.1, 0.15) is 5.75 Å². The molecule has 1 amide bonds. The van der Waals surface area contributed by atoms with Gasteiger partial charge in [-0.2, -0.15) is 0 Å². The van der Waals surface area contributed by atoms with E-state index in [1.54, 1.807) is 30.5 Å². The van der Waals surface area contributed by atoms with Gasteiger partial charge < -0.3 is 14.8 Å². The number of amides is 1. The number of rotatable bonds is 8. The Morgan fingerprint density at radius 3 is 2.66 bits per heavy atom. The van der Waals surface area contributed by atoms with Crippen molar-refractivity contribution < 1.29 is 19.1 Å². The molecule has 0 saturated carbocycles. The van der Waals surface area contributed by atoms with Gasteiger partial charge in [0.15, 0.2) is 12.4 Å². The molecule has 1 aromatic heterocycles. The Labute approximate surface area is 189 Å². The molecule has 7 heteroatoms. The van der Waals surface area contributed by atoms with Gasteiger partial charge >= 0.3 is 0 Å². The highest BCUT2D eigenvalue weighted by molar-refractivity contribution is 5.94. The van der Waals surface area contributed by atoms with Gasteiger partial charge in [-0.1, -0.05) is 6.07 Å². The van der Waals surface area contributed by atoms with E-state index >= 15 is 0 Å². The van der Waals surface area contributed by atoms with Crippen molar-refractivity contribution in [1.29, 1.82) is 0 Å². The van der Waals surface area contributed by atoms with Crippen molar-refractivity contribution in [3.63, 3.8) is 0 Å². The van der Waals surface area contributed by atoms with Crippen LogP contribution in [0.15, 0.2) is 48.8 Å². The van der Waals surface area contributed by atoms with E-state index in [2.05, 4.69) is 21.3 Å². The fraction of sp³-hybridized carbons (Fsp3) is 0.480. The van der Waals surface area contributed by atoms with Gasteiger partial charge in [-0.05, 0) is 68.5 Å². The molecule has 2 aliphatic rings. The molecule has 1 atom stereocenters. The molecule has 1 aromatic carbocycles. The smallest absolute Gasteiger partial charge is 0.258 e. The van der Waals surface area contributed by atoms with Gasteiger partial charge in [-0.25, -0.2) is 0 Å². The molecule has 32 heavy (non-hydrogen) atoms. The number of Topliss-reactive ketones (excluding diaryl/α,β-unsaturated/α-hetero) is 1. The summed E-state index contributed by atoms with van der Waals surface area (Å²) in [5.74, 6) is 0.401. The zero-order chi connectivity index (χ0) is 22.4. The van der Waals surface area contributed by atoms with Crippen LogP contribution < -0.4 is 10.1 Å². The molecule has 0 radical (unpaired) electrons. The molecule has 2 fully saturated rings. The lowest BCUT2D eigenvalue weighted by Gasteiger charge is -2.39. The van der Waals surface area contributed by atoms with Crippen LogP contribution >= 0.6 is 0 Å². The zero-order valence-corrected chi connectivity index (χ0v) is 18.6. The molecule has 4 rings (SSSR count). The molecule has 7 nitrogen and oxygen atoms in total. The molecule has 170 valence electrons. The normalized spacial score (nSPS) is 20.2. The van der Waals surface area contributed by atoms with Gasteiger partial charge in [0.25, 0.3) is 5.91 Å². The maximum absolute atomic E-state index is 12.2. The van der Waals surface area contributed by atoms with E-state index in [4.69, 9.17) is 9.47 Å². The SMILES string of the molecule is CC(=O)c1ccc(OCC(=O)NCC2CCC3(CCN(Cc4cccnc4)CC3)O2)cc1. The van der Waals surface area contributed by atoms with Crippen LogP contribution in [-0.2, 0) is 16.1 Å². The second-order valence-corrected chi connectivity index (χ2v) is 8.77. The van der Waals surface area contributed by atoms with E-state index in [9.17, 15) is 9.59 Å². The number of nitrogens with one attached hydrogen (secondary N) is 1. The van der Waals surface area contributed by atoms with E-state index in [0.717, 1.165) is 45.3 Å². The molecule has 1 N–H and O–H groups in total. The summed E-state index contributed by atoms with van der Waals surface area (Å²) in [4.78, 5) is 30.1. The number of hydrogen-bond donors (Lipinski definition) is 1. The Morgan fingerprint density at radius 2 is 1.97 bits per heavy atom. The second kappa shape index (κ2) is 10.2. The average Bonchev–Trinajstić information content (AvgIpc) is 3.21. The maximum atomic E-state index is 12.2. The molecule has 1 spiro atoms. The van der Waals surface area contributed by atoms with E-state index in [1.807, 2.05) is 12.3 Å². The van der Waals surface area contributed by atoms with Crippen LogP contribution in [0.25, 0.3) is 0 Å². The number of benzene rings is 1. The first-order chi connectivity index (χ1) is 15.5. The summed E-state index contributed by atoms with van der Waals surface area (Å²) >= 11 is 0. The minimum absolute atomic E-state index is 0.00259. The number of likely N-dealkylation sites (tertiary alicyclic amines) is 1. The quantitative estimate of drug-likeness (QED) is 0.640. The van der Waals surface area contributed by atoms with Crippen molar-refractivity contribution in [2.24, 2.45) is 0 Å². The van der Waals surface area contributed by atoms with Gasteiger partial charge in [-0.3, -0.25) is 19.5 Å². The van der Waals surface area contributed by atoms with Crippen molar-refractivity contribution in [2.75, 3.05) is 26.2 Å². The number of nitrogens with zero attached hydrogens (tertiary/aromatic N) is 2. The number of pyridine rings is 1. The van der Waals surface area contributed by atoms with Crippen molar-refractivity contribution in [3.8, 4) is 5.75 Å². The fourth-order valence-corrected chi connectivity index (χ4v) is 4.49. The van der Waals surface area contributed by atoms with Crippen LogP contribution in [-0.4, -0.2) is 59.5 Å². The van der Waals surface area contributed by atoms with Crippen LogP contribution in [0, 0.1) is 0 Å². The van der Waals surface area contributed by atoms with Gasteiger partial charge in [0, 0.05) is 44.1 Å². The summed E-state index contributed by atoms with van der Waals surface area (Å²) in [5, 5.41) is 2.93. The monoisotopic (exact) mass is 437 g/mol. The summed E-state index contributed by atoms with van der Waals surface area (Å²) in [5.41, 5.74) is 1.82. The summed E-state index contributed by atoms with van der Waals surface area (Å²) in [6.45, 7) is 4.94. The molecule has 0 bridgehead atoms. The number of ketones is 1. The molecule has 1 unspecified atom stereocenters. The van der Waals surface area contributed by atoms with Gasteiger partial charge in [-0.15, -0.1) is 0 Å². The first-order valence-electron chi connectivity index (χ1n) is 11.3. The predicted octanol–water partition coefficient (Wildman–Crippen LogP) is 2.99. The Morgan fingerprint density at radius 1 is 1.19 bits per heavy atom. The molecule has 0 aliphatic carbocycles. The third kappa shape index (κ3) is 5.93. The first kappa shape index (κ1) is 22.4. The van der Waals surface area contributed by atoms with Crippen LogP contribution in [0.5, 0.6) is 5.75 Å². The summed E-state index contributed by atoms with van der Waals surface area (Å²) in [6.07, 6.45) is 7.86. The lowest BCUT2D eigenvalue weighted by molar-refractivity contribution is -0.124. The van der Waals surface area contributed by atoms with Crippen LogP contribution in [0.4, 0.5) is 0 Å². The predicted molar refractivity (Wildman–Crippen MR) is 121 cm³/mol. The van der Waals surface area contributed by atoms with Crippen molar-refractivity contribution in [1.82, 2.24) is 15.2 Å². The van der Waals surface area contributed by atoms with E-state index in [-0.39, 0.29) is 30.0 Å². The first-order valence-corrected chi connectivity index (χ1v) is 11.3. The number of carbonyl (C=O) groups excluding carboxylic acids is 2. The Balaban J connectivity index is 1.15. The highest BCUT2D eigenvalue weighted by Crippen LogP contribution is 2.39. The Bertz CT molecular complexity index is 909. The fourth-order valence-electron chi connectivity index (χ4n) is 4.49. The van der Waals surface area contributed by atoms with E-state index in [0.29, 0.717) is 17.9 Å². The topological polar surface area (TPSA) is 80.8 Å². The van der Waals surface area contributed by atoms with Crippen LogP contribution in [0.2, 0.25) is 0 Å². The van der Waals surface area contributed by atoms with Crippen molar-refractivity contribution in [3.05, 3.63) is 59.9 Å². The minimum Gasteiger partial charge on any atom is -0.484 e. The third-order valence-electron chi connectivity index (χ3n) is 6.39. The second-order valence-electron chi connectivity index (χ2n) is 8.77. The highest BCUT2D eigenvalue weighted by Gasteiger charge is 2.42. The molecule has 3 heterocycles. The Hall–Kier alpha value is -2.77. The molecular weight excluding hydrogens is 406 g/mol. The lowest BCUT2D eigenvalue weighted by atomic mass is 9.88. The summed E-state index contributed by atoms with van der Waals surface area (Å²) in [6, 6.07) is 10.9. The Kier molecular flexibility index (Phi) is 7.17. The molecule has 2 saturated heterocycles. The largest absolute Gasteiger partial charge is 0.484 e. The van der Waals surface area contributed by atoms with Crippen LogP contribution in [0.3, 0.4) is 0 Å². The third-order valence-corrected chi connectivity index (χ3v) is 6.39. The van der Waals surface area contributed by atoms with E-state index in [1.165, 1.54) is 12.5 Å². The van der Waals surface area contributed by atoms with Gasteiger partial charge in [0.05, 0.1) is 11.7 Å². The van der Waals surface area contributed by atoms with Crippen molar-refractivity contribution in [2.45, 2.75) is 50.9 Å². The molecular formula is C25H31N3O4.